The number of carbonyl (C=O) groups excluding carboxylic acids is 1. The Morgan fingerprint density at radius 3 is 1.79 bits per heavy atom. The largest absolute Gasteiger partial charge is 0.290 e. The van der Waals surface area contributed by atoms with Crippen molar-refractivity contribution in [1.82, 2.24) is 0 Å². The molecule has 0 bridgehead atoms. The monoisotopic (exact) mass is 226 g/mol. The van der Waals surface area contributed by atoms with E-state index in [-0.39, 0.29) is 5.78 Å². The summed E-state index contributed by atoms with van der Waals surface area (Å²) in [6, 6.07) is 0. The minimum absolute atomic E-state index is 0.131. The molecule has 0 fully saturated rings. The molecule has 0 aromatic rings. The Morgan fingerprint density at radius 2 is 1.50 bits per heavy atom. The van der Waals surface area contributed by atoms with Crippen LogP contribution in [0.15, 0.2) is 23.6 Å². The van der Waals surface area contributed by atoms with Gasteiger partial charge in [-0.15, -0.1) is 0 Å². The predicted molar refractivity (Wildman–Crippen MR) is 70.0 cm³/mol. The summed E-state index contributed by atoms with van der Waals surface area (Å²) < 4.78 is 0. The first kappa shape index (κ1) is 13.6. The smallest absolute Gasteiger partial charge is 0.176 e. The summed E-state index contributed by atoms with van der Waals surface area (Å²) in [7, 11) is -2.75. The molecule has 0 amide bonds. The van der Waals surface area contributed by atoms with Gasteiger partial charge in [-0.25, -0.2) is 0 Å². The second kappa shape index (κ2) is 4.40. The van der Waals surface area contributed by atoms with Crippen molar-refractivity contribution in [2.24, 2.45) is 0 Å². The van der Waals surface area contributed by atoms with E-state index >= 15 is 0 Å². The lowest BCUT2D eigenvalue weighted by molar-refractivity contribution is -0.110. The molecule has 0 rings (SSSR count). The summed E-state index contributed by atoms with van der Waals surface area (Å²) in [5.41, 5.74) is 2.08. The molecular formula is C11H22OSi2. The van der Waals surface area contributed by atoms with Crippen LogP contribution in [0.4, 0.5) is 0 Å². The fraction of sp³-hybridized carbons (Fsp3) is 0.545. The van der Waals surface area contributed by atoms with E-state index in [1.807, 2.05) is 0 Å². The van der Waals surface area contributed by atoms with Gasteiger partial charge in [0.1, 0.15) is 0 Å². The first-order chi connectivity index (χ1) is 6.04. The van der Waals surface area contributed by atoms with E-state index in [2.05, 4.69) is 51.6 Å². The second-order valence-electron chi connectivity index (χ2n) is 5.79. The zero-order chi connectivity index (χ0) is 11.6. The number of rotatable bonds is 4. The highest BCUT2D eigenvalue weighted by Crippen LogP contribution is 2.14. The van der Waals surface area contributed by atoms with Crippen molar-refractivity contribution >= 4 is 21.9 Å². The molecule has 0 aliphatic rings. The first-order valence-electron chi connectivity index (χ1n) is 4.97. The third kappa shape index (κ3) is 5.34. The lowest BCUT2D eigenvalue weighted by Gasteiger charge is -2.17. The molecule has 0 saturated heterocycles. The minimum atomic E-state index is -1.50. The van der Waals surface area contributed by atoms with Crippen LogP contribution in [0.5, 0.6) is 0 Å². The van der Waals surface area contributed by atoms with Crippen LogP contribution in [0.2, 0.25) is 39.3 Å². The Bertz CT molecular complexity index is 264. The Labute approximate surface area is 89.9 Å². The van der Waals surface area contributed by atoms with Gasteiger partial charge in [-0.2, -0.15) is 0 Å². The normalized spacial score (nSPS) is 13.3. The number of ketones is 1. The van der Waals surface area contributed by atoms with Crippen LogP contribution in [0, 0.1) is 0 Å². The summed E-state index contributed by atoms with van der Waals surface area (Å²) in [5.74, 6) is 0.131. The highest BCUT2D eigenvalue weighted by atomic mass is 28.3. The van der Waals surface area contributed by atoms with Crippen molar-refractivity contribution in [1.29, 1.82) is 0 Å². The fourth-order valence-corrected chi connectivity index (χ4v) is 2.27. The van der Waals surface area contributed by atoms with Crippen LogP contribution in [-0.4, -0.2) is 21.9 Å². The Morgan fingerprint density at radius 1 is 1.07 bits per heavy atom. The fourth-order valence-electron chi connectivity index (χ4n) is 0.796. The molecule has 0 heterocycles. The molecule has 1 nitrogen and oxygen atoms in total. The molecule has 0 aromatic carbocycles. The number of carbonyl (C=O) groups is 1. The van der Waals surface area contributed by atoms with Crippen molar-refractivity contribution in [3.63, 3.8) is 0 Å². The van der Waals surface area contributed by atoms with Crippen LogP contribution in [0.3, 0.4) is 0 Å². The van der Waals surface area contributed by atoms with Crippen LogP contribution in [-0.2, 0) is 4.79 Å². The van der Waals surface area contributed by atoms with E-state index in [4.69, 9.17) is 0 Å². The molecule has 80 valence electrons. The molecule has 3 heteroatoms. The SMILES string of the molecule is C=C(C(=O)/C=C/[Si](C)(C)C)[Si](C)(C)C. The summed E-state index contributed by atoms with van der Waals surface area (Å²) in [6.45, 7) is 17.0. The van der Waals surface area contributed by atoms with E-state index in [0.29, 0.717) is 0 Å². The van der Waals surface area contributed by atoms with Crippen LogP contribution >= 0.6 is 0 Å². The third-order valence-electron chi connectivity index (χ3n) is 1.94. The number of hydrogen-bond acceptors (Lipinski definition) is 1. The van der Waals surface area contributed by atoms with E-state index < -0.39 is 16.1 Å². The molecule has 0 unspecified atom stereocenters. The van der Waals surface area contributed by atoms with E-state index in [1.54, 1.807) is 6.08 Å². The molecule has 0 aromatic heterocycles. The van der Waals surface area contributed by atoms with Gasteiger partial charge in [0, 0.05) is 0 Å². The van der Waals surface area contributed by atoms with E-state index in [1.165, 1.54) is 0 Å². The van der Waals surface area contributed by atoms with Gasteiger partial charge >= 0.3 is 0 Å². The molecule has 14 heavy (non-hydrogen) atoms. The summed E-state index contributed by atoms with van der Waals surface area (Å²) in [4.78, 5) is 11.7. The molecular weight excluding hydrogens is 204 g/mol. The van der Waals surface area contributed by atoms with Gasteiger partial charge in [-0.3, -0.25) is 4.79 Å². The van der Waals surface area contributed by atoms with Crippen molar-refractivity contribution in [3.8, 4) is 0 Å². The van der Waals surface area contributed by atoms with Crippen LogP contribution in [0.25, 0.3) is 0 Å². The lowest BCUT2D eigenvalue weighted by atomic mass is 10.4. The van der Waals surface area contributed by atoms with Gasteiger partial charge in [0.2, 0.25) is 0 Å². The highest BCUT2D eigenvalue weighted by Gasteiger charge is 2.22. The maximum absolute atomic E-state index is 11.7. The minimum Gasteiger partial charge on any atom is -0.290 e. The average Bonchev–Trinajstić information content (AvgIpc) is 1.95. The maximum atomic E-state index is 11.7. The lowest BCUT2D eigenvalue weighted by Crippen LogP contribution is -2.28. The summed E-state index contributed by atoms with van der Waals surface area (Å²) >= 11 is 0. The maximum Gasteiger partial charge on any atom is 0.176 e. The Hall–Kier alpha value is -0.416. The molecule has 0 aliphatic heterocycles. The van der Waals surface area contributed by atoms with Crippen molar-refractivity contribution < 1.29 is 4.79 Å². The molecule has 0 spiro atoms. The van der Waals surface area contributed by atoms with Crippen LogP contribution in [0.1, 0.15) is 0 Å². The number of allylic oxidation sites excluding steroid dienone is 2. The second-order valence-corrected chi connectivity index (χ2v) is 16.0. The topological polar surface area (TPSA) is 17.1 Å². The van der Waals surface area contributed by atoms with Gasteiger partial charge in [-0.05, 0) is 11.3 Å². The van der Waals surface area contributed by atoms with Gasteiger partial charge < -0.3 is 0 Å². The molecule has 0 aliphatic carbocycles. The first-order valence-corrected chi connectivity index (χ1v) is 12.0. The van der Waals surface area contributed by atoms with Crippen molar-refractivity contribution in [2.45, 2.75) is 39.3 Å². The quantitative estimate of drug-likeness (QED) is 0.530. The zero-order valence-electron chi connectivity index (χ0n) is 10.3. The molecule has 0 N–H and O–H groups in total. The van der Waals surface area contributed by atoms with E-state index in [9.17, 15) is 4.79 Å². The average molecular weight is 226 g/mol. The zero-order valence-corrected chi connectivity index (χ0v) is 12.3. The third-order valence-corrected chi connectivity index (χ3v) is 5.16. The van der Waals surface area contributed by atoms with Crippen LogP contribution < -0.4 is 0 Å². The summed E-state index contributed by atoms with van der Waals surface area (Å²) in [5, 5.41) is 0.826. The standard InChI is InChI=1S/C11H22OSi2/c1-10(14(5,6)7)11(12)8-9-13(2,3)4/h8-9H,1H2,2-7H3/b9-8+. The van der Waals surface area contributed by atoms with Gasteiger partial charge in [0.25, 0.3) is 0 Å². The van der Waals surface area contributed by atoms with Crippen molar-refractivity contribution in [3.05, 3.63) is 23.6 Å². The van der Waals surface area contributed by atoms with E-state index in [0.717, 1.165) is 5.20 Å². The van der Waals surface area contributed by atoms with Gasteiger partial charge in [-0.1, -0.05) is 51.6 Å². The van der Waals surface area contributed by atoms with Gasteiger partial charge in [0.15, 0.2) is 5.78 Å². The molecule has 0 saturated carbocycles. The highest BCUT2D eigenvalue weighted by molar-refractivity contribution is 6.87. The summed E-state index contributed by atoms with van der Waals surface area (Å²) in [6.07, 6.45) is 1.73. The van der Waals surface area contributed by atoms with Gasteiger partial charge in [0.05, 0.1) is 16.1 Å². The van der Waals surface area contributed by atoms with Crippen molar-refractivity contribution in [2.75, 3.05) is 0 Å². The molecule has 0 atom stereocenters. The predicted octanol–water partition coefficient (Wildman–Crippen LogP) is 3.42. The molecule has 0 radical (unpaired) electrons. The Kier molecular flexibility index (Phi) is 4.27. The Balaban J connectivity index is 4.54. The number of hydrogen-bond donors (Lipinski definition) is 0.